The van der Waals surface area contributed by atoms with E-state index >= 15 is 0 Å². The second kappa shape index (κ2) is 5.71. The predicted octanol–water partition coefficient (Wildman–Crippen LogP) is 3.04. The summed E-state index contributed by atoms with van der Waals surface area (Å²) in [7, 11) is 0. The third kappa shape index (κ3) is 3.23. The normalized spacial score (nSPS) is 10.4. The Balaban J connectivity index is 2.05. The number of ether oxygens (including phenoxy) is 1. The number of non-ortho nitro benzene ring substituents is 1. The number of benzene rings is 1. The fourth-order valence-corrected chi connectivity index (χ4v) is 1.75. The van der Waals surface area contributed by atoms with E-state index in [1.54, 1.807) is 23.1 Å². The van der Waals surface area contributed by atoms with Gasteiger partial charge in [-0.05, 0) is 13.0 Å². The van der Waals surface area contributed by atoms with Crippen molar-refractivity contribution in [3.05, 3.63) is 51.3 Å². The Labute approximate surface area is 114 Å². The average Bonchev–Trinajstić information content (AvgIpc) is 2.85. The first-order valence-corrected chi connectivity index (χ1v) is 6.06. The van der Waals surface area contributed by atoms with Crippen LogP contribution in [0.5, 0.6) is 5.75 Å². The number of aryl methyl sites for hydroxylation is 1. The molecule has 0 bridgehead atoms. The van der Waals surface area contributed by atoms with Gasteiger partial charge in [-0.25, -0.2) is 0 Å². The fourth-order valence-electron chi connectivity index (χ4n) is 1.52. The highest BCUT2D eigenvalue weighted by molar-refractivity contribution is 6.31. The minimum Gasteiger partial charge on any atom is -0.486 e. The standard InChI is InChI=1S/C12H12ClN3O3/c1-2-15-7-11(6-14-15)19-8-9-3-4-10(16(17)18)5-12(9)13/h3-7H,2,8H2,1H3. The predicted molar refractivity (Wildman–Crippen MR) is 70.3 cm³/mol. The van der Waals surface area contributed by atoms with Gasteiger partial charge in [0.1, 0.15) is 6.61 Å². The maximum absolute atomic E-state index is 10.6. The molecular weight excluding hydrogens is 270 g/mol. The maximum atomic E-state index is 10.6. The highest BCUT2D eigenvalue weighted by atomic mass is 35.5. The molecule has 1 heterocycles. The summed E-state index contributed by atoms with van der Waals surface area (Å²) in [5.74, 6) is 0.635. The Hall–Kier alpha value is -2.08. The topological polar surface area (TPSA) is 70.2 Å². The van der Waals surface area contributed by atoms with Crippen LogP contribution in [-0.2, 0) is 13.2 Å². The molecule has 0 aliphatic carbocycles. The molecule has 0 aliphatic rings. The highest BCUT2D eigenvalue weighted by Gasteiger charge is 2.10. The van der Waals surface area contributed by atoms with Gasteiger partial charge < -0.3 is 4.74 Å². The third-order valence-electron chi connectivity index (χ3n) is 2.58. The van der Waals surface area contributed by atoms with Gasteiger partial charge in [-0.1, -0.05) is 11.6 Å². The molecule has 0 aliphatic heterocycles. The van der Waals surface area contributed by atoms with Crippen molar-refractivity contribution in [2.75, 3.05) is 0 Å². The lowest BCUT2D eigenvalue weighted by Gasteiger charge is -2.05. The van der Waals surface area contributed by atoms with Crippen molar-refractivity contribution in [2.24, 2.45) is 0 Å². The van der Waals surface area contributed by atoms with Crippen molar-refractivity contribution in [1.29, 1.82) is 0 Å². The Morgan fingerprint density at radius 2 is 2.32 bits per heavy atom. The van der Waals surface area contributed by atoms with Crippen molar-refractivity contribution in [3.63, 3.8) is 0 Å². The molecule has 0 spiro atoms. The molecule has 100 valence electrons. The van der Waals surface area contributed by atoms with Crippen molar-refractivity contribution in [2.45, 2.75) is 20.1 Å². The van der Waals surface area contributed by atoms with E-state index in [1.807, 2.05) is 6.92 Å². The molecule has 0 radical (unpaired) electrons. The molecule has 1 aromatic carbocycles. The molecule has 0 N–H and O–H groups in total. The quantitative estimate of drug-likeness (QED) is 0.624. The van der Waals surface area contributed by atoms with E-state index < -0.39 is 4.92 Å². The van der Waals surface area contributed by atoms with Crippen LogP contribution in [0.15, 0.2) is 30.6 Å². The number of nitro benzene ring substituents is 1. The summed E-state index contributed by atoms with van der Waals surface area (Å²) in [5, 5.41) is 15.0. The largest absolute Gasteiger partial charge is 0.486 e. The fraction of sp³-hybridized carbons (Fsp3) is 0.250. The van der Waals surface area contributed by atoms with Crippen molar-refractivity contribution in [1.82, 2.24) is 9.78 Å². The number of hydrogen-bond acceptors (Lipinski definition) is 4. The van der Waals surface area contributed by atoms with Crippen LogP contribution in [0.1, 0.15) is 12.5 Å². The Morgan fingerprint density at radius 3 is 2.89 bits per heavy atom. The van der Waals surface area contributed by atoms with E-state index in [-0.39, 0.29) is 12.3 Å². The lowest BCUT2D eigenvalue weighted by atomic mass is 10.2. The summed E-state index contributed by atoms with van der Waals surface area (Å²) < 4.78 is 7.26. The SMILES string of the molecule is CCn1cc(OCc2ccc([N+](=O)[O-])cc2Cl)cn1. The first-order valence-electron chi connectivity index (χ1n) is 5.68. The van der Waals surface area contributed by atoms with E-state index in [0.717, 1.165) is 6.54 Å². The van der Waals surface area contributed by atoms with Gasteiger partial charge in [-0.3, -0.25) is 14.8 Å². The van der Waals surface area contributed by atoms with Crippen LogP contribution >= 0.6 is 11.6 Å². The van der Waals surface area contributed by atoms with Crippen LogP contribution in [0.25, 0.3) is 0 Å². The molecule has 0 amide bonds. The van der Waals surface area contributed by atoms with Crippen molar-refractivity contribution in [3.8, 4) is 5.75 Å². The summed E-state index contributed by atoms with van der Waals surface area (Å²) >= 11 is 5.97. The summed E-state index contributed by atoms with van der Waals surface area (Å²) in [4.78, 5) is 10.1. The van der Waals surface area contributed by atoms with Crippen molar-refractivity contribution < 1.29 is 9.66 Å². The van der Waals surface area contributed by atoms with Crippen LogP contribution in [0.3, 0.4) is 0 Å². The van der Waals surface area contributed by atoms with Gasteiger partial charge in [0, 0.05) is 24.2 Å². The minimum absolute atomic E-state index is 0.0347. The average molecular weight is 282 g/mol. The highest BCUT2D eigenvalue weighted by Crippen LogP contribution is 2.23. The lowest BCUT2D eigenvalue weighted by molar-refractivity contribution is -0.384. The number of hydrogen-bond donors (Lipinski definition) is 0. The summed E-state index contributed by atoms with van der Waals surface area (Å²) in [6, 6.07) is 4.31. The molecule has 7 heteroatoms. The molecule has 6 nitrogen and oxygen atoms in total. The molecule has 0 atom stereocenters. The molecule has 0 fully saturated rings. The van der Waals surface area contributed by atoms with Crippen LogP contribution in [0, 0.1) is 10.1 Å². The maximum Gasteiger partial charge on any atom is 0.270 e. The lowest BCUT2D eigenvalue weighted by Crippen LogP contribution is -1.97. The summed E-state index contributed by atoms with van der Waals surface area (Å²) in [6.07, 6.45) is 3.39. The Kier molecular flexibility index (Phi) is 4.01. The second-order valence-electron chi connectivity index (χ2n) is 3.85. The van der Waals surface area contributed by atoms with Crippen LogP contribution in [0.4, 0.5) is 5.69 Å². The van der Waals surface area contributed by atoms with Crippen molar-refractivity contribution >= 4 is 17.3 Å². The zero-order chi connectivity index (χ0) is 13.8. The first-order chi connectivity index (χ1) is 9.10. The number of nitrogens with zero attached hydrogens (tertiary/aromatic N) is 3. The zero-order valence-electron chi connectivity index (χ0n) is 10.2. The van der Waals surface area contributed by atoms with Gasteiger partial charge in [0.25, 0.3) is 5.69 Å². The second-order valence-corrected chi connectivity index (χ2v) is 4.26. The summed E-state index contributed by atoms with van der Waals surface area (Å²) in [6.45, 7) is 2.98. The molecule has 19 heavy (non-hydrogen) atoms. The van der Waals surface area contributed by atoms with E-state index in [0.29, 0.717) is 16.3 Å². The number of nitro groups is 1. The monoisotopic (exact) mass is 281 g/mol. The molecular formula is C12H12ClN3O3. The van der Waals surface area contributed by atoms with Crippen LogP contribution in [-0.4, -0.2) is 14.7 Å². The summed E-state index contributed by atoms with van der Waals surface area (Å²) in [5.41, 5.74) is 0.657. The van der Waals surface area contributed by atoms with E-state index in [9.17, 15) is 10.1 Å². The molecule has 0 unspecified atom stereocenters. The van der Waals surface area contributed by atoms with E-state index in [1.165, 1.54) is 12.1 Å². The van der Waals surface area contributed by atoms with Gasteiger partial charge in [-0.15, -0.1) is 0 Å². The first kappa shape index (κ1) is 13.4. The molecule has 1 aromatic heterocycles. The molecule has 0 saturated heterocycles. The number of rotatable bonds is 5. The van der Waals surface area contributed by atoms with Crippen LogP contribution in [0.2, 0.25) is 5.02 Å². The molecule has 2 rings (SSSR count). The Bertz CT molecular complexity index is 598. The zero-order valence-corrected chi connectivity index (χ0v) is 11.0. The smallest absolute Gasteiger partial charge is 0.270 e. The van der Waals surface area contributed by atoms with E-state index in [4.69, 9.17) is 16.3 Å². The minimum atomic E-state index is -0.484. The molecule has 0 saturated carbocycles. The van der Waals surface area contributed by atoms with Gasteiger partial charge in [0.05, 0.1) is 22.3 Å². The third-order valence-corrected chi connectivity index (χ3v) is 2.93. The Morgan fingerprint density at radius 1 is 1.53 bits per heavy atom. The van der Waals surface area contributed by atoms with Gasteiger partial charge in [0.15, 0.2) is 5.75 Å². The molecule has 2 aromatic rings. The van der Waals surface area contributed by atoms with Gasteiger partial charge in [-0.2, -0.15) is 5.10 Å². The van der Waals surface area contributed by atoms with Crippen LogP contribution < -0.4 is 4.74 Å². The van der Waals surface area contributed by atoms with Gasteiger partial charge in [0.2, 0.25) is 0 Å². The number of halogens is 1. The van der Waals surface area contributed by atoms with Gasteiger partial charge >= 0.3 is 0 Å². The number of aromatic nitrogens is 2. The van der Waals surface area contributed by atoms with E-state index in [2.05, 4.69) is 5.10 Å².